The van der Waals surface area contributed by atoms with Gasteiger partial charge in [-0.05, 0) is 37.8 Å². The SMILES string of the molecule is CSCCCCC(=O)NC1CCNC1.Cl. The molecule has 0 spiro atoms. The minimum atomic E-state index is 0. The molecule has 1 rings (SSSR count). The van der Waals surface area contributed by atoms with Crippen LogP contribution in [0.3, 0.4) is 0 Å². The van der Waals surface area contributed by atoms with E-state index in [0.717, 1.165) is 38.1 Å². The average Bonchev–Trinajstić information content (AvgIpc) is 2.65. The Labute approximate surface area is 103 Å². The molecule has 1 unspecified atom stereocenters. The molecule has 1 atom stereocenters. The van der Waals surface area contributed by atoms with Crippen molar-refractivity contribution in [1.82, 2.24) is 10.6 Å². The Morgan fingerprint density at radius 2 is 2.33 bits per heavy atom. The summed E-state index contributed by atoms with van der Waals surface area (Å²) < 4.78 is 0. The molecule has 0 aromatic carbocycles. The van der Waals surface area contributed by atoms with Crippen molar-refractivity contribution in [1.29, 1.82) is 0 Å². The van der Waals surface area contributed by atoms with Crippen LogP contribution in [-0.2, 0) is 4.79 Å². The second-order valence-electron chi connectivity index (χ2n) is 3.71. The molecule has 90 valence electrons. The summed E-state index contributed by atoms with van der Waals surface area (Å²) in [5, 5.41) is 6.28. The topological polar surface area (TPSA) is 41.1 Å². The molecule has 5 heteroatoms. The van der Waals surface area contributed by atoms with E-state index >= 15 is 0 Å². The van der Waals surface area contributed by atoms with E-state index in [4.69, 9.17) is 0 Å². The molecule has 0 saturated carbocycles. The summed E-state index contributed by atoms with van der Waals surface area (Å²) in [7, 11) is 0. The zero-order chi connectivity index (χ0) is 10.2. The maximum Gasteiger partial charge on any atom is 0.220 e. The number of hydrogen-bond donors (Lipinski definition) is 2. The fourth-order valence-corrected chi connectivity index (χ4v) is 2.10. The zero-order valence-electron chi connectivity index (χ0n) is 9.25. The number of unbranched alkanes of at least 4 members (excludes halogenated alkanes) is 1. The zero-order valence-corrected chi connectivity index (χ0v) is 10.9. The van der Waals surface area contributed by atoms with Crippen LogP contribution in [0.2, 0.25) is 0 Å². The standard InChI is InChI=1S/C10H20N2OS.ClH/c1-14-7-3-2-4-10(13)12-9-5-6-11-8-9;/h9,11H,2-8H2,1H3,(H,12,13);1H. The Bertz CT molecular complexity index is 175. The van der Waals surface area contributed by atoms with Crippen LogP contribution in [0.15, 0.2) is 0 Å². The third kappa shape index (κ3) is 7.03. The van der Waals surface area contributed by atoms with Gasteiger partial charge in [0.2, 0.25) is 5.91 Å². The number of amides is 1. The highest BCUT2D eigenvalue weighted by Crippen LogP contribution is 2.03. The molecule has 0 aromatic heterocycles. The lowest BCUT2D eigenvalue weighted by atomic mass is 10.2. The van der Waals surface area contributed by atoms with Crippen molar-refractivity contribution < 1.29 is 4.79 Å². The molecule has 15 heavy (non-hydrogen) atoms. The minimum absolute atomic E-state index is 0. The molecule has 0 radical (unpaired) electrons. The van der Waals surface area contributed by atoms with Gasteiger partial charge in [0.15, 0.2) is 0 Å². The van der Waals surface area contributed by atoms with Crippen molar-refractivity contribution >= 4 is 30.1 Å². The van der Waals surface area contributed by atoms with Crippen LogP contribution in [0.5, 0.6) is 0 Å². The number of nitrogens with one attached hydrogen (secondary N) is 2. The number of halogens is 1. The van der Waals surface area contributed by atoms with Crippen molar-refractivity contribution in [2.24, 2.45) is 0 Å². The predicted octanol–water partition coefficient (Wildman–Crippen LogP) is 1.42. The van der Waals surface area contributed by atoms with E-state index in [2.05, 4.69) is 16.9 Å². The van der Waals surface area contributed by atoms with Crippen molar-refractivity contribution in [2.45, 2.75) is 31.7 Å². The highest BCUT2D eigenvalue weighted by Gasteiger charge is 2.15. The molecule has 1 fully saturated rings. The van der Waals surface area contributed by atoms with Gasteiger partial charge in [0.25, 0.3) is 0 Å². The van der Waals surface area contributed by atoms with Crippen LogP contribution in [0.4, 0.5) is 0 Å². The molecule has 0 aromatic rings. The van der Waals surface area contributed by atoms with Gasteiger partial charge in [-0.15, -0.1) is 12.4 Å². The van der Waals surface area contributed by atoms with Crippen LogP contribution in [0.25, 0.3) is 0 Å². The van der Waals surface area contributed by atoms with Crippen LogP contribution in [0.1, 0.15) is 25.7 Å². The van der Waals surface area contributed by atoms with Gasteiger partial charge in [-0.25, -0.2) is 0 Å². The summed E-state index contributed by atoms with van der Waals surface area (Å²) in [4.78, 5) is 11.4. The molecular formula is C10H21ClN2OS. The number of carbonyl (C=O) groups is 1. The van der Waals surface area contributed by atoms with E-state index in [0.29, 0.717) is 12.5 Å². The quantitative estimate of drug-likeness (QED) is 0.703. The normalized spacial score (nSPS) is 19.7. The van der Waals surface area contributed by atoms with E-state index in [1.165, 1.54) is 0 Å². The Kier molecular flexibility index (Phi) is 9.35. The molecule has 3 nitrogen and oxygen atoms in total. The molecule has 2 N–H and O–H groups in total. The highest BCUT2D eigenvalue weighted by atomic mass is 35.5. The van der Waals surface area contributed by atoms with Crippen molar-refractivity contribution in [3.8, 4) is 0 Å². The van der Waals surface area contributed by atoms with Gasteiger partial charge in [0, 0.05) is 19.0 Å². The summed E-state index contributed by atoms with van der Waals surface area (Å²) in [6.45, 7) is 1.98. The lowest BCUT2D eigenvalue weighted by molar-refractivity contribution is -0.121. The Hall–Kier alpha value is 0.0700. The second-order valence-corrected chi connectivity index (χ2v) is 4.69. The van der Waals surface area contributed by atoms with Gasteiger partial charge in [-0.3, -0.25) is 4.79 Å². The summed E-state index contributed by atoms with van der Waals surface area (Å²) in [6.07, 6.45) is 6.04. The highest BCUT2D eigenvalue weighted by molar-refractivity contribution is 7.98. The van der Waals surface area contributed by atoms with Crippen LogP contribution >= 0.6 is 24.2 Å². The van der Waals surface area contributed by atoms with Crippen molar-refractivity contribution in [3.63, 3.8) is 0 Å². The molecule has 1 aliphatic rings. The van der Waals surface area contributed by atoms with Gasteiger partial charge >= 0.3 is 0 Å². The van der Waals surface area contributed by atoms with Crippen LogP contribution < -0.4 is 10.6 Å². The molecule has 1 amide bonds. The molecular weight excluding hydrogens is 232 g/mol. The van der Waals surface area contributed by atoms with E-state index in [1.54, 1.807) is 0 Å². The average molecular weight is 253 g/mol. The first-order valence-electron chi connectivity index (χ1n) is 5.32. The largest absolute Gasteiger partial charge is 0.352 e. The van der Waals surface area contributed by atoms with Gasteiger partial charge in [0.1, 0.15) is 0 Å². The summed E-state index contributed by atoms with van der Waals surface area (Å²) >= 11 is 1.84. The minimum Gasteiger partial charge on any atom is -0.352 e. The van der Waals surface area contributed by atoms with E-state index in [9.17, 15) is 4.79 Å². The lowest BCUT2D eigenvalue weighted by Gasteiger charge is -2.10. The van der Waals surface area contributed by atoms with Gasteiger partial charge in [0.05, 0.1) is 0 Å². The van der Waals surface area contributed by atoms with Gasteiger partial charge in [-0.2, -0.15) is 11.8 Å². The monoisotopic (exact) mass is 252 g/mol. The van der Waals surface area contributed by atoms with Crippen LogP contribution in [0, 0.1) is 0 Å². The Balaban J connectivity index is 0.00000196. The second kappa shape index (κ2) is 9.31. The Morgan fingerprint density at radius 3 is 2.93 bits per heavy atom. The fourth-order valence-electron chi connectivity index (χ4n) is 1.61. The maximum atomic E-state index is 11.4. The number of carbonyl (C=O) groups excluding carboxylic acids is 1. The third-order valence-corrected chi connectivity index (χ3v) is 3.12. The molecule has 0 aliphatic carbocycles. The van der Waals surface area contributed by atoms with E-state index in [1.807, 2.05) is 11.8 Å². The smallest absolute Gasteiger partial charge is 0.220 e. The molecule has 1 aliphatic heterocycles. The molecule has 0 bridgehead atoms. The summed E-state index contributed by atoms with van der Waals surface area (Å²) in [6, 6.07) is 0.378. The lowest BCUT2D eigenvalue weighted by Crippen LogP contribution is -2.36. The van der Waals surface area contributed by atoms with E-state index in [-0.39, 0.29) is 18.3 Å². The maximum absolute atomic E-state index is 11.4. The first-order chi connectivity index (χ1) is 6.83. The van der Waals surface area contributed by atoms with Gasteiger partial charge < -0.3 is 10.6 Å². The first kappa shape index (κ1) is 15.1. The van der Waals surface area contributed by atoms with Crippen molar-refractivity contribution in [2.75, 3.05) is 25.1 Å². The molecule has 1 saturated heterocycles. The van der Waals surface area contributed by atoms with Gasteiger partial charge in [-0.1, -0.05) is 0 Å². The fraction of sp³-hybridized carbons (Fsp3) is 0.900. The molecule has 1 heterocycles. The summed E-state index contributed by atoms with van der Waals surface area (Å²) in [5.41, 5.74) is 0. The van der Waals surface area contributed by atoms with Crippen LogP contribution in [-0.4, -0.2) is 37.0 Å². The van der Waals surface area contributed by atoms with E-state index < -0.39 is 0 Å². The predicted molar refractivity (Wildman–Crippen MR) is 68.9 cm³/mol. The first-order valence-corrected chi connectivity index (χ1v) is 6.71. The van der Waals surface area contributed by atoms with Crippen molar-refractivity contribution in [3.05, 3.63) is 0 Å². The number of thioether (sulfide) groups is 1. The summed E-state index contributed by atoms with van der Waals surface area (Å²) in [5.74, 6) is 1.39. The number of rotatable bonds is 6. The Morgan fingerprint density at radius 1 is 1.53 bits per heavy atom. The third-order valence-electron chi connectivity index (χ3n) is 2.43. The number of hydrogen-bond acceptors (Lipinski definition) is 3.